The Bertz CT molecular complexity index is 1180. The van der Waals surface area contributed by atoms with Crippen molar-refractivity contribution in [1.29, 1.82) is 0 Å². The monoisotopic (exact) mass is 463 g/mol. The van der Waals surface area contributed by atoms with E-state index in [0.29, 0.717) is 24.8 Å². The van der Waals surface area contributed by atoms with Crippen LogP contribution in [0.15, 0.2) is 64.7 Å². The molecule has 10 heteroatoms. The molecule has 1 fully saturated rings. The van der Waals surface area contributed by atoms with Crippen molar-refractivity contribution in [2.24, 2.45) is 4.99 Å². The predicted octanol–water partition coefficient (Wildman–Crippen LogP) is 2.33. The number of aromatic amines is 1. The van der Waals surface area contributed by atoms with Gasteiger partial charge in [0.15, 0.2) is 23.3 Å². The normalized spacial score (nSPS) is 20.1. The summed E-state index contributed by atoms with van der Waals surface area (Å²) in [7, 11) is 3.63. The van der Waals surface area contributed by atoms with Crippen LogP contribution in [0, 0.1) is 0 Å². The summed E-state index contributed by atoms with van der Waals surface area (Å²) < 4.78 is 0. The molecule has 1 saturated heterocycles. The number of guanidine groups is 1. The number of urea groups is 1. The van der Waals surface area contributed by atoms with Crippen LogP contribution in [0.5, 0.6) is 0 Å². The van der Waals surface area contributed by atoms with Gasteiger partial charge in [0, 0.05) is 32.9 Å². The van der Waals surface area contributed by atoms with Crippen molar-refractivity contribution in [3.05, 3.63) is 60.2 Å². The summed E-state index contributed by atoms with van der Waals surface area (Å²) in [4.78, 5) is 43.3. The first-order valence-corrected chi connectivity index (χ1v) is 11.7. The van der Waals surface area contributed by atoms with Crippen molar-refractivity contribution in [3.63, 3.8) is 0 Å². The molecule has 3 amide bonds. The van der Waals surface area contributed by atoms with Crippen LogP contribution in [0.25, 0.3) is 11.0 Å². The Balaban J connectivity index is 1.35. The van der Waals surface area contributed by atoms with Crippen molar-refractivity contribution in [2.45, 2.75) is 23.9 Å². The number of benzene rings is 2. The third kappa shape index (κ3) is 4.13. The first-order valence-electron chi connectivity index (χ1n) is 10.8. The molecule has 2 atom stereocenters. The molecule has 2 aromatic carbocycles. The van der Waals surface area contributed by atoms with Gasteiger partial charge in [-0.3, -0.25) is 10.1 Å². The molecule has 3 aromatic rings. The van der Waals surface area contributed by atoms with E-state index in [1.807, 2.05) is 59.3 Å². The highest BCUT2D eigenvalue weighted by molar-refractivity contribution is 7.99. The maximum Gasteiger partial charge on any atom is 0.325 e. The summed E-state index contributed by atoms with van der Waals surface area (Å²) in [5.74, 6) is 1.09. The minimum atomic E-state index is -0.558. The van der Waals surface area contributed by atoms with E-state index in [9.17, 15) is 9.59 Å². The van der Waals surface area contributed by atoms with Crippen molar-refractivity contribution in [2.75, 3.05) is 26.4 Å². The standard InChI is InChI=1S/C23H25N7O2S/c1-28(14-15-8-4-3-5-9-15)22-26-19-18(20(31)27-23(32)29(19)2)30(22)12-13-33-21-24-16-10-6-7-11-17(16)25-21/h3-11,18-19H,12-14H2,1-2H3,(H,24,25)(H,27,31,32). The number of thioether (sulfide) groups is 1. The SMILES string of the molecule is CN(Cc1ccccc1)C1=NC2C(C(=O)NC(=O)N2C)N1CCSc1nc2ccccc2[nH]1. The van der Waals surface area contributed by atoms with Crippen molar-refractivity contribution < 1.29 is 9.59 Å². The number of amides is 3. The van der Waals surface area contributed by atoms with Gasteiger partial charge in [0.25, 0.3) is 5.91 Å². The Kier molecular flexibility index (Phi) is 5.67. The van der Waals surface area contributed by atoms with Gasteiger partial charge < -0.3 is 19.7 Å². The Morgan fingerprint density at radius 3 is 2.64 bits per heavy atom. The van der Waals surface area contributed by atoms with Crippen molar-refractivity contribution in [1.82, 2.24) is 30.0 Å². The highest BCUT2D eigenvalue weighted by Crippen LogP contribution is 2.27. The summed E-state index contributed by atoms with van der Waals surface area (Å²) in [6.45, 7) is 1.22. The lowest BCUT2D eigenvalue weighted by atomic mass is 10.1. The van der Waals surface area contributed by atoms with Gasteiger partial charge >= 0.3 is 6.03 Å². The number of H-pyrrole nitrogens is 1. The molecule has 0 radical (unpaired) electrons. The van der Waals surface area contributed by atoms with E-state index < -0.39 is 18.2 Å². The third-order valence-electron chi connectivity index (χ3n) is 5.88. The number of nitrogens with one attached hydrogen (secondary N) is 2. The minimum absolute atomic E-state index is 0.316. The molecule has 33 heavy (non-hydrogen) atoms. The predicted molar refractivity (Wildman–Crippen MR) is 128 cm³/mol. The van der Waals surface area contributed by atoms with Crippen LogP contribution in [-0.2, 0) is 11.3 Å². The Labute approximate surface area is 195 Å². The largest absolute Gasteiger partial charge is 0.341 e. The van der Waals surface area contributed by atoms with Crippen LogP contribution in [0.4, 0.5) is 4.79 Å². The maximum atomic E-state index is 12.8. The average Bonchev–Trinajstić information content (AvgIpc) is 3.40. The van der Waals surface area contributed by atoms with Gasteiger partial charge in [-0.25, -0.2) is 14.8 Å². The fourth-order valence-electron chi connectivity index (χ4n) is 4.23. The van der Waals surface area contributed by atoms with Gasteiger partial charge in [-0.1, -0.05) is 54.2 Å². The summed E-state index contributed by atoms with van der Waals surface area (Å²) in [6, 6.07) is 17.0. The minimum Gasteiger partial charge on any atom is -0.341 e. The maximum absolute atomic E-state index is 12.8. The lowest BCUT2D eigenvalue weighted by molar-refractivity contribution is -0.127. The van der Waals surface area contributed by atoms with Gasteiger partial charge in [0.1, 0.15) is 0 Å². The number of nitrogens with zero attached hydrogens (tertiary/aromatic N) is 5. The third-order valence-corrected chi connectivity index (χ3v) is 6.73. The number of aromatic nitrogens is 2. The number of carbonyl (C=O) groups is 2. The van der Waals surface area contributed by atoms with E-state index in [1.54, 1.807) is 18.8 Å². The molecule has 0 bridgehead atoms. The molecule has 9 nitrogen and oxygen atoms in total. The number of para-hydroxylation sites is 2. The number of aliphatic imine (C=N–C) groups is 1. The Morgan fingerprint density at radius 2 is 1.85 bits per heavy atom. The zero-order chi connectivity index (χ0) is 22.9. The summed E-state index contributed by atoms with van der Waals surface area (Å²) in [5.41, 5.74) is 3.07. The molecule has 2 aliphatic rings. The second-order valence-electron chi connectivity index (χ2n) is 8.14. The van der Waals surface area contributed by atoms with Crippen LogP contribution in [0.2, 0.25) is 0 Å². The molecule has 1 aromatic heterocycles. The molecule has 170 valence electrons. The fraction of sp³-hybridized carbons (Fsp3) is 0.304. The molecule has 2 N–H and O–H groups in total. The number of imidazole rings is 1. The van der Waals surface area contributed by atoms with Crippen LogP contribution >= 0.6 is 11.8 Å². The molecule has 3 heterocycles. The van der Waals surface area contributed by atoms with Gasteiger partial charge in [0.2, 0.25) is 0 Å². The van der Waals surface area contributed by atoms with Crippen LogP contribution in [0.3, 0.4) is 0 Å². The molecule has 0 aliphatic carbocycles. The Morgan fingerprint density at radius 1 is 1.09 bits per heavy atom. The van der Waals surface area contributed by atoms with Crippen molar-refractivity contribution >= 4 is 40.7 Å². The van der Waals surface area contributed by atoms with E-state index in [0.717, 1.165) is 21.8 Å². The second-order valence-corrected chi connectivity index (χ2v) is 9.22. The zero-order valence-electron chi connectivity index (χ0n) is 18.4. The van der Waals surface area contributed by atoms with Crippen molar-refractivity contribution in [3.8, 4) is 0 Å². The number of rotatable bonds is 6. The molecule has 5 rings (SSSR count). The number of carbonyl (C=O) groups excluding carboxylic acids is 2. The van der Waals surface area contributed by atoms with Gasteiger partial charge in [-0.15, -0.1) is 0 Å². The van der Waals surface area contributed by atoms with Gasteiger partial charge in [0.05, 0.1) is 11.0 Å². The lowest BCUT2D eigenvalue weighted by Gasteiger charge is -2.37. The molecule has 0 spiro atoms. The zero-order valence-corrected chi connectivity index (χ0v) is 19.2. The van der Waals surface area contributed by atoms with Crippen LogP contribution in [0.1, 0.15) is 5.56 Å². The first-order chi connectivity index (χ1) is 16.0. The lowest BCUT2D eigenvalue weighted by Crippen LogP contribution is -2.64. The molecule has 2 aliphatic heterocycles. The van der Waals surface area contributed by atoms with E-state index in [1.165, 1.54) is 4.90 Å². The topological polar surface area (TPSA) is 96.9 Å². The van der Waals surface area contributed by atoms with Gasteiger partial charge in [-0.2, -0.15) is 0 Å². The first kappa shape index (κ1) is 21.3. The molecule has 2 unspecified atom stereocenters. The van der Waals surface area contributed by atoms with Crippen LogP contribution < -0.4 is 5.32 Å². The Hall–Kier alpha value is -3.53. The molecular weight excluding hydrogens is 438 g/mol. The number of likely N-dealkylation sites (N-methyl/N-ethyl adjacent to an activating group) is 1. The molecular formula is C23H25N7O2S. The summed E-state index contributed by atoms with van der Waals surface area (Å²) in [6.07, 6.45) is -0.546. The van der Waals surface area contributed by atoms with Gasteiger partial charge in [-0.05, 0) is 17.7 Å². The van der Waals surface area contributed by atoms with E-state index in [2.05, 4.69) is 27.4 Å². The second kappa shape index (κ2) is 8.78. The summed E-state index contributed by atoms with van der Waals surface area (Å²) >= 11 is 1.60. The number of hydrogen-bond donors (Lipinski definition) is 2. The number of imide groups is 1. The number of hydrogen-bond acceptors (Lipinski definition) is 7. The van der Waals surface area contributed by atoms with E-state index in [-0.39, 0.29) is 5.91 Å². The van der Waals surface area contributed by atoms with E-state index >= 15 is 0 Å². The van der Waals surface area contributed by atoms with E-state index in [4.69, 9.17) is 4.99 Å². The highest BCUT2D eigenvalue weighted by Gasteiger charge is 2.49. The smallest absolute Gasteiger partial charge is 0.325 e. The van der Waals surface area contributed by atoms with Crippen LogP contribution in [-0.4, -0.2) is 81.2 Å². The fourth-order valence-corrected chi connectivity index (χ4v) is 5.06. The highest BCUT2D eigenvalue weighted by atomic mass is 32.2. The average molecular weight is 464 g/mol. The number of fused-ring (bicyclic) bond motifs is 2. The quantitative estimate of drug-likeness (QED) is 0.545. The molecule has 0 saturated carbocycles. The summed E-state index contributed by atoms with van der Waals surface area (Å²) in [5, 5.41) is 3.29.